The Balaban J connectivity index is 2.02. The summed E-state index contributed by atoms with van der Waals surface area (Å²) in [6.07, 6.45) is 1.15. The minimum absolute atomic E-state index is 0.599. The number of anilines is 1. The first-order valence-electron chi connectivity index (χ1n) is 6.41. The van der Waals surface area contributed by atoms with Gasteiger partial charge in [-0.2, -0.15) is 0 Å². The summed E-state index contributed by atoms with van der Waals surface area (Å²) in [5.41, 5.74) is 12.3. The van der Waals surface area contributed by atoms with Crippen molar-refractivity contribution in [1.29, 1.82) is 0 Å². The lowest BCUT2D eigenvalue weighted by Gasteiger charge is -2.12. The molecule has 2 heteroatoms. The smallest absolute Gasteiger partial charge is 0.0397 e. The van der Waals surface area contributed by atoms with Crippen LogP contribution in [0.5, 0.6) is 0 Å². The first kappa shape index (κ1) is 11.3. The molecule has 2 aromatic carbocycles. The normalized spacial score (nSPS) is 13.8. The Morgan fingerprint density at radius 1 is 1.11 bits per heavy atom. The highest BCUT2D eigenvalue weighted by molar-refractivity contribution is 5.70. The number of fused-ring (bicyclic) bond motifs is 1. The van der Waals surface area contributed by atoms with E-state index >= 15 is 0 Å². The van der Waals surface area contributed by atoms with Crippen LogP contribution in [0.3, 0.4) is 0 Å². The Morgan fingerprint density at radius 2 is 1.94 bits per heavy atom. The SMILES string of the molecule is CN1CCc2cc(-c3cccc(CN)c3)ccc21. The molecular formula is C16H18N2. The molecule has 0 aliphatic carbocycles. The molecule has 3 rings (SSSR count). The van der Waals surface area contributed by atoms with Gasteiger partial charge in [-0.05, 0) is 46.9 Å². The fourth-order valence-electron chi connectivity index (χ4n) is 2.62. The molecule has 0 spiro atoms. The van der Waals surface area contributed by atoms with Crippen LogP contribution in [0.2, 0.25) is 0 Å². The number of rotatable bonds is 2. The maximum atomic E-state index is 5.70. The van der Waals surface area contributed by atoms with Crippen molar-refractivity contribution in [2.75, 3.05) is 18.5 Å². The second-order valence-electron chi connectivity index (χ2n) is 4.92. The van der Waals surface area contributed by atoms with Crippen LogP contribution in [0.15, 0.2) is 42.5 Å². The minimum atomic E-state index is 0.599. The van der Waals surface area contributed by atoms with Gasteiger partial charge in [-0.1, -0.05) is 24.3 Å². The predicted molar refractivity (Wildman–Crippen MR) is 76.7 cm³/mol. The van der Waals surface area contributed by atoms with E-state index in [-0.39, 0.29) is 0 Å². The van der Waals surface area contributed by atoms with Crippen molar-refractivity contribution in [1.82, 2.24) is 0 Å². The number of nitrogens with two attached hydrogens (primary N) is 1. The lowest BCUT2D eigenvalue weighted by Crippen LogP contribution is -2.12. The molecule has 0 amide bonds. The lowest BCUT2D eigenvalue weighted by molar-refractivity contribution is 0.956. The van der Waals surface area contributed by atoms with E-state index in [0.29, 0.717) is 6.54 Å². The monoisotopic (exact) mass is 238 g/mol. The van der Waals surface area contributed by atoms with Gasteiger partial charge >= 0.3 is 0 Å². The Hall–Kier alpha value is -1.80. The van der Waals surface area contributed by atoms with Crippen LogP contribution >= 0.6 is 0 Å². The number of hydrogen-bond acceptors (Lipinski definition) is 2. The van der Waals surface area contributed by atoms with Gasteiger partial charge in [0.15, 0.2) is 0 Å². The molecule has 2 nitrogen and oxygen atoms in total. The van der Waals surface area contributed by atoms with Gasteiger partial charge in [0.1, 0.15) is 0 Å². The zero-order chi connectivity index (χ0) is 12.5. The predicted octanol–water partition coefficient (Wildman–Crippen LogP) is 2.80. The first-order valence-corrected chi connectivity index (χ1v) is 6.41. The van der Waals surface area contributed by atoms with Crippen molar-refractivity contribution in [3.05, 3.63) is 53.6 Å². The Kier molecular flexibility index (Phi) is 2.80. The van der Waals surface area contributed by atoms with E-state index in [1.54, 1.807) is 0 Å². The van der Waals surface area contributed by atoms with Crippen molar-refractivity contribution in [2.45, 2.75) is 13.0 Å². The second-order valence-corrected chi connectivity index (χ2v) is 4.92. The van der Waals surface area contributed by atoms with E-state index in [1.807, 2.05) is 0 Å². The van der Waals surface area contributed by atoms with Gasteiger partial charge in [-0.15, -0.1) is 0 Å². The van der Waals surface area contributed by atoms with E-state index in [9.17, 15) is 0 Å². The highest BCUT2D eigenvalue weighted by Crippen LogP contribution is 2.31. The van der Waals surface area contributed by atoms with Gasteiger partial charge in [0.05, 0.1) is 0 Å². The van der Waals surface area contributed by atoms with E-state index in [1.165, 1.54) is 27.9 Å². The molecule has 0 atom stereocenters. The molecular weight excluding hydrogens is 220 g/mol. The summed E-state index contributed by atoms with van der Waals surface area (Å²) in [6.45, 7) is 1.73. The van der Waals surface area contributed by atoms with Crippen molar-refractivity contribution in [3.63, 3.8) is 0 Å². The third-order valence-electron chi connectivity index (χ3n) is 3.70. The van der Waals surface area contributed by atoms with Crippen molar-refractivity contribution >= 4 is 5.69 Å². The molecule has 1 aliphatic heterocycles. The van der Waals surface area contributed by atoms with Gasteiger partial charge in [0.2, 0.25) is 0 Å². The average molecular weight is 238 g/mol. The van der Waals surface area contributed by atoms with Crippen molar-refractivity contribution in [3.8, 4) is 11.1 Å². The van der Waals surface area contributed by atoms with Crippen LogP contribution in [-0.2, 0) is 13.0 Å². The van der Waals surface area contributed by atoms with E-state index in [4.69, 9.17) is 5.73 Å². The fraction of sp³-hybridized carbons (Fsp3) is 0.250. The number of likely N-dealkylation sites (N-methyl/N-ethyl adjacent to an activating group) is 1. The summed E-state index contributed by atoms with van der Waals surface area (Å²) < 4.78 is 0. The molecule has 2 N–H and O–H groups in total. The molecule has 1 aliphatic rings. The number of hydrogen-bond donors (Lipinski definition) is 1. The maximum Gasteiger partial charge on any atom is 0.0397 e. The lowest BCUT2D eigenvalue weighted by atomic mass is 10.00. The van der Waals surface area contributed by atoms with Crippen molar-refractivity contribution in [2.24, 2.45) is 5.73 Å². The Morgan fingerprint density at radius 3 is 2.78 bits per heavy atom. The third-order valence-corrected chi connectivity index (χ3v) is 3.70. The summed E-state index contributed by atoms with van der Waals surface area (Å²) in [4.78, 5) is 2.31. The summed E-state index contributed by atoms with van der Waals surface area (Å²) >= 11 is 0. The average Bonchev–Trinajstić information content (AvgIpc) is 2.80. The van der Waals surface area contributed by atoms with E-state index < -0.39 is 0 Å². The van der Waals surface area contributed by atoms with Gasteiger partial charge < -0.3 is 10.6 Å². The standard InChI is InChI=1S/C16H18N2/c1-18-8-7-15-10-14(5-6-16(15)18)13-4-2-3-12(9-13)11-17/h2-6,9-10H,7-8,11,17H2,1H3. The largest absolute Gasteiger partial charge is 0.374 e. The highest BCUT2D eigenvalue weighted by atomic mass is 15.1. The van der Waals surface area contributed by atoms with Gasteiger partial charge in [-0.25, -0.2) is 0 Å². The minimum Gasteiger partial charge on any atom is -0.374 e. The summed E-state index contributed by atoms with van der Waals surface area (Å²) in [5.74, 6) is 0. The highest BCUT2D eigenvalue weighted by Gasteiger charge is 2.15. The Bertz CT molecular complexity index is 575. The third kappa shape index (κ3) is 1.89. The topological polar surface area (TPSA) is 29.3 Å². The first-order chi connectivity index (χ1) is 8.78. The maximum absolute atomic E-state index is 5.70. The van der Waals surface area contributed by atoms with Crippen LogP contribution in [0.4, 0.5) is 5.69 Å². The summed E-state index contributed by atoms with van der Waals surface area (Å²) in [5, 5.41) is 0. The van der Waals surface area contributed by atoms with Crippen LogP contribution in [0, 0.1) is 0 Å². The quantitative estimate of drug-likeness (QED) is 0.871. The zero-order valence-electron chi connectivity index (χ0n) is 10.7. The molecule has 92 valence electrons. The molecule has 0 fully saturated rings. The molecule has 0 unspecified atom stereocenters. The number of benzene rings is 2. The van der Waals surface area contributed by atoms with Crippen LogP contribution in [0.25, 0.3) is 11.1 Å². The van der Waals surface area contributed by atoms with E-state index in [2.05, 4.69) is 54.4 Å². The van der Waals surface area contributed by atoms with Crippen molar-refractivity contribution < 1.29 is 0 Å². The Labute approximate surface area is 108 Å². The molecule has 0 radical (unpaired) electrons. The van der Waals surface area contributed by atoms with Crippen LogP contribution in [-0.4, -0.2) is 13.6 Å². The van der Waals surface area contributed by atoms with Crippen LogP contribution < -0.4 is 10.6 Å². The molecule has 0 saturated heterocycles. The summed E-state index contributed by atoms with van der Waals surface area (Å²) in [7, 11) is 2.15. The molecule has 2 aromatic rings. The number of nitrogens with zero attached hydrogens (tertiary/aromatic N) is 1. The van der Waals surface area contributed by atoms with Gasteiger partial charge in [0, 0.05) is 25.8 Å². The summed E-state index contributed by atoms with van der Waals surface area (Å²) in [6, 6.07) is 15.2. The van der Waals surface area contributed by atoms with E-state index in [0.717, 1.165) is 13.0 Å². The fourth-order valence-corrected chi connectivity index (χ4v) is 2.62. The van der Waals surface area contributed by atoms with Gasteiger partial charge in [-0.3, -0.25) is 0 Å². The van der Waals surface area contributed by atoms with Gasteiger partial charge in [0.25, 0.3) is 0 Å². The molecule has 0 saturated carbocycles. The second kappa shape index (κ2) is 4.46. The molecule has 18 heavy (non-hydrogen) atoms. The molecule has 1 heterocycles. The molecule has 0 bridgehead atoms. The zero-order valence-corrected chi connectivity index (χ0v) is 10.7. The molecule has 0 aromatic heterocycles. The van der Waals surface area contributed by atoms with Crippen LogP contribution in [0.1, 0.15) is 11.1 Å².